The van der Waals surface area contributed by atoms with Crippen LogP contribution < -0.4 is 5.43 Å². The van der Waals surface area contributed by atoms with E-state index in [9.17, 15) is 4.79 Å². The average molecular weight is 304 g/mol. The van der Waals surface area contributed by atoms with Crippen LogP contribution in [0.2, 0.25) is 0 Å². The first-order valence-corrected chi connectivity index (χ1v) is 5.10. The predicted octanol–water partition coefficient (Wildman–Crippen LogP) is 2.45. The number of aromatic amines is 1. The molecule has 13 heavy (non-hydrogen) atoms. The molecule has 0 saturated carbocycles. The van der Waals surface area contributed by atoms with Gasteiger partial charge in [-0.1, -0.05) is 15.9 Å². The lowest BCUT2D eigenvalue weighted by molar-refractivity contribution is 1.03. The van der Waals surface area contributed by atoms with E-state index in [1.54, 1.807) is 6.07 Å². The van der Waals surface area contributed by atoms with Gasteiger partial charge in [0.25, 0.3) is 0 Å². The van der Waals surface area contributed by atoms with Crippen LogP contribution in [0.1, 0.15) is 0 Å². The van der Waals surface area contributed by atoms with Crippen molar-refractivity contribution in [3.05, 3.63) is 37.5 Å². The van der Waals surface area contributed by atoms with Crippen LogP contribution in [0.25, 0.3) is 10.9 Å². The van der Waals surface area contributed by atoms with Gasteiger partial charge in [0.2, 0.25) is 5.43 Å². The molecule has 66 valence electrons. The molecular weight excluding hydrogens is 300 g/mol. The van der Waals surface area contributed by atoms with Crippen molar-refractivity contribution in [3.63, 3.8) is 0 Å². The molecule has 0 atom stereocenters. The van der Waals surface area contributed by atoms with Crippen molar-refractivity contribution < 1.29 is 0 Å². The lowest BCUT2D eigenvalue weighted by Crippen LogP contribution is -2.06. The van der Waals surface area contributed by atoms with Crippen LogP contribution in [-0.2, 0) is 0 Å². The van der Waals surface area contributed by atoms with Gasteiger partial charge in [-0.15, -0.1) is 0 Å². The number of rotatable bonds is 0. The number of aromatic nitrogens is 2. The molecule has 0 fully saturated rings. The van der Waals surface area contributed by atoms with E-state index in [1.807, 2.05) is 12.1 Å². The van der Waals surface area contributed by atoms with Crippen LogP contribution in [0.4, 0.5) is 0 Å². The average Bonchev–Trinajstić information content (AvgIpc) is 2.12. The highest BCUT2D eigenvalue weighted by atomic mass is 79.9. The summed E-state index contributed by atoms with van der Waals surface area (Å²) in [4.78, 5) is 11.5. The summed E-state index contributed by atoms with van der Waals surface area (Å²) in [5.41, 5.74) is 0.629. The third-order valence-electron chi connectivity index (χ3n) is 1.69. The van der Waals surface area contributed by atoms with Gasteiger partial charge in [0.1, 0.15) is 0 Å². The van der Waals surface area contributed by atoms with Gasteiger partial charge in [0.15, 0.2) is 4.60 Å². The zero-order chi connectivity index (χ0) is 9.42. The fourth-order valence-corrected chi connectivity index (χ4v) is 1.74. The Balaban J connectivity index is 2.95. The molecule has 0 radical (unpaired) electrons. The summed E-state index contributed by atoms with van der Waals surface area (Å²) >= 11 is 6.38. The number of hydrogen-bond acceptors (Lipinski definition) is 2. The molecule has 0 aliphatic carbocycles. The van der Waals surface area contributed by atoms with E-state index >= 15 is 0 Å². The summed E-state index contributed by atoms with van der Waals surface area (Å²) in [6.07, 6.45) is 0. The minimum absolute atomic E-state index is 0.0961. The molecule has 0 amide bonds. The molecule has 2 aromatic rings. The minimum atomic E-state index is -0.0961. The third-order valence-corrected chi connectivity index (χ3v) is 2.72. The van der Waals surface area contributed by atoms with Crippen LogP contribution in [0.3, 0.4) is 0 Å². The maximum atomic E-state index is 11.5. The second kappa shape index (κ2) is 3.23. The topological polar surface area (TPSA) is 45.8 Å². The van der Waals surface area contributed by atoms with Crippen molar-refractivity contribution in [2.75, 3.05) is 0 Å². The van der Waals surface area contributed by atoms with E-state index in [2.05, 4.69) is 42.1 Å². The van der Waals surface area contributed by atoms with Crippen LogP contribution in [0.15, 0.2) is 32.1 Å². The summed E-state index contributed by atoms with van der Waals surface area (Å²) in [6, 6.07) is 5.39. The van der Waals surface area contributed by atoms with Crippen LogP contribution in [-0.4, -0.2) is 10.2 Å². The summed E-state index contributed by atoms with van der Waals surface area (Å²) < 4.78 is 1.22. The number of benzene rings is 1. The van der Waals surface area contributed by atoms with Crippen molar-refractivity contribution in [3.8, 4) is 0 Å². The Bertz CT molecular complexity index is 521. The van der Waals surface area contributed by atoms with E-state index in [1.165, 1.54) is 0 Å². The number of halogens is 2. The van der Waals surface area contributed by atoms with Crippen molar-refractivity contribution in [2.24, 2.45) is 0 Å². The predicted molar refractivity (Wildman–Crippen MR) is 57.8 cm³/mol. The SMILES string of the molecule is O=c1c(Br)n[nH]c2cc(Br)ccc12. The molecular formula is C8H4Br2N2O. The number of nitrogens with zero attached hydrogens (tertiary/aromatic N) is 1. The Morgan fingerprint density at radius 1 is 1.31 bits per heavy atom. The van der Waals surface area contributed by atoms with Gasteiger partial charge in [0.05, 0.1) is 5.52 Å². The molecule has 0 saturated heterocycles. The fraction of sp³-hybridized carbons (Fsp3) is 0. The molecule has 0 unspecified atom stereocenters. The van der Waals surface area contributed by atoms with E-state index < -0.39 is 0 Å². The maximum Gasteiger partial charge on any atom is 0.222 e. The monoisotopic (exact) mass is 302 g/mol. The number of nitrogens with one attached hydrogen (secondary N) is 1. The van der Waals surface area contributed by atoms with Crippen molar-refractivity contribution in [2.45, 2.75) is 0 Å². The smallest absolute Gasteiger partial charge is 0.222 e. The van der Waals surface area contributed by atoms with Crippen LogP contribution >= 0.6 is 31.9 Å². The first-order valence-electron chi connectivity index (χ1n) is 3.52. The summed E-state index contributed by atoms with van der Waals surface area (Å²) in [5.74, 6) is 0. The molecule has 0 aliphatic heterocycles. The Morgan fingerprint density at radius 3 is 2.85 bits per heavy atom. The van der Waals surface area contributed by atoms with E-state index in [4.69, 9.17) is 0 Å². The maximum absolute atomic E-state index is 11.5. The standard InChI is InChI=1S/C8H4Br2N2O/c9-4-1-2-5-6(3-4)11-12-8(10)7(5)13/h1-3H,(H,11,13). The number of H-pyrrole nitrogens is 1. The number of fused-ring (bicyclic) bond motifs is 1. The van der Waals surface area contributed by atoms with Crippen molar-refractivity contribution >= 4 is 42.8 Å². The largest absolute Gasteiger partial charge is 0.286 e. The van der Waals surface area contributed by atoms with Gasteiger partial charge in [-0.25, -0.2) is 0 Å². The normalized spacial score (nSPS) is 10.6. The molecule has 1 heterocycles. The highest BCUT2D eigenvalue weighted by molar-refractivity contribution is 9.10. The summed E-state index contributed by atoms with van der Waals surface area (Å²) in [6.45, 7) is 0. The molecule has 3 nitrogen and oxygen atoms in total. The fourth-order valence-electron chi connectivity index (χ4n) is 1.08. The van der Waals surface area contributed by atoms with Crippen molar-refractivity contribution in [1.29, 1.82) is 0 Å². The zero-order valence-corrected chi connectivity index (χ0v) is 9.52. The molecule has 0 aliphatic rings. The third kappa shape index (κ3) is 1.53. The molecule has 1 N–H and O–H groups in total. The van der Waals surface area contributed by atoms with Gasteiger partial charge in [-0.3, -0.25) is 9.89 Å². The highest BCUT2D eigenvalue weighted by Crippen LogP contribution is 2.15. The highest BCUT2D eigenvalue weighted by Gasteiger charge is 2.03. The Morgan fingerprint density at radius 2 is 2.08 bits per heavy atom. The van der Waals surface area contributed by atoms with Crippen LogP contribution in [0.5, 0.6) is 0 Å². The molecule has 5 heteroatoms. The lowest BCUT2D eigenvalue weighted by atomic mass is 10.2. The quantitative estimate of drug-likeness (QED) is 0.812. The first kappa shape index (κ1) is 8.90. The van der Waals surface area contributed by atoms with Gasteiger partial charge >= 0.3 is 0 Å². The van der Waals surface area contributed by atoms with E-state index in [-0.39, 0.29) is 5.43 Å². The lowest BCUT2D eigenvalue weighted by Gasteiger charge is -1.97. The van der Waals surface area contributed by atoms with Gasteiger partial charge in [0, 0.05) is 9.86 Å². The minimum Gasteiger partial charge on any atom is -0.286 e. The Kier molecular flexibility index (Phi) is 2.21. The van der Waals surface area contributed by atoms with Gasteiger partial charge in [-0.05, 0) is 34.1 Å². The Labute approximate surface area is 90.4 Å². The van der Waals surface area contributed by atoms with Gasteiger partial charge < -0.3 is 0 Å². The molecule has 1 aromatic heterocycles. The summed E-state index contributed by atoms with van der Waals surface area (Å²) in [5, 5.41) is 7.21. The molecule has 1 aromatic carbocycles. The van der Waals surface area contributed by atoms with Gasteiger partial charge in [-0.2, -0.15) is 5.10 Å². The second-order valence-electron chi connectivity index (χ2n) is 2.53. The summed E-state index contributed by atoms with van der Waals surface area (Å²) in [7, 11) is 0. The van der Waals surface area contributed by atoms with E-state index in [0.717, 1.165) is 9.99 Å². The molecule has 0 spiro atoms. The first-order chi connectivity index (χ1) is 6.18. The molecule has 2 rings (SSSR count). The van der Waals surface area contributed by atoms with Crippen molar-refractivity contribution in [1.82, 2.24) is 10.2 Å². The number of hydrogen-bond donors (Lipinski definition) is 1. The van der Waals surface area contributed by atoms with Crippen LogP contribution in [0, 0.1) is 0 Å². The Hall–Kier alpha value is -0.680. The zero-order valence-electron chi connectivity index (χ0n) is 6.34. The molecule has 0 bridgehead atoms. The second-order valence-corrected chi connectivity index (χ2v) is 4.20. The van der Waals surface area contributed by atoms with E-state index in [0.29, 0.717) is 9.99 Å².